The second kappa shape index (κ2) is 5.01. The Bertz CT molecular complexity index is 410. The van der Waals surface area contributed by atoms with Gasteiger partial charge in [0.2, 0.25) is 11.8 Å². The quantitative estimate of drug-likeness (QED) is 0.729. The molecule has 0 spiro atoms. The Balaban J connectivity index is 2.26. The summed E-state index contributed by atoms with van der Waals surface area (Å²) in [6.07, 6.45) is 1.66. The topological polar surface area (TPSA) is 80.5 Å². The first-order chi connectivity index (χ1) is 8.22. The number of anilines is 1. The van der Waals surface area contributed by atoms with Gasteiger partial charge in [-0.3, -0.25) is 4.79 Å². The number of nitrogens with one attached hydrogen (secondary N) is 1. The molecular formula is C11H16N4O2. The van der Waals surface area contributed by atoms with E-state index < -0.39 is 0 Å². The highest BCUT2D eigenvalue weighted by Crippen LogP contribution is 2.21. The normalized spacial score (nSPS) is 20.1. The number of nitrogens with two attached hydrogens (primary N) is 1. The van der Waals surface area contributed by atoms with Gasteiger partial charge in [-0.2, -0.15) is 0 Å². The van der Waals surface area contributed by atoms with E-state index in [1.807, 2.05) is 11.0 Å². The van der Waals surface area contributed by atoms with Gasteiger partial charge in [0.25, 0.3) is 0 Å². The summed E-state index contributed by atoms with van der Waals surface area (Å²) in [4.78, 5) is 17.4. The van der Waals surface area contributed by atoms with Gasteiger partial charge in [0.15, 0.2) is 0 Å². The van der Waals surface area contributed by atoms with E-state index >= 15 is 0 Å². The van der Waals surface area contributed by atoms with E-state index in [0.717, 1.165) is 18.8 Å². The molecule has 2 rings (SSSR count). The summed E-state index contributed by atoms with van der Waals surface area (Å²) in [5.74, 6) is 0.206. The number of primary amides is 1. The van der Waals surface area contributed by atoms with Crippen molar-refractivity contribution in [2.75, 3.05) is 31.6 Å². The zero-order valence-electron chi connectivity index (χ0n) is 9.72. The van der Waals surface area contributed by atoms with Crippen LogP contribution in [0.1, 0.15) is 0 Å². The molecule has 1 aliphatic heterocycles. The summed E-state index contributed by atoms with van der Waals surface area (Å²) >= 11 is 0. The Kier molecular flexibility index (Phi) is 3.43. The molecule has 17 heavy (non-hydrogen) atoms. The average Bonchev–Trinajstić information content (AvgIpc) is 2.39. The van der Waals surface area contributed by atoms with Gasteiger partial charge in [-0.15, -0.1) is 0 Å². The number of piperazine rings is 1. The molecule has 1 saturated heterocycles. The van der Waals surface area contributed by atoms with Crippen molar-refractivity contribution in [3.63, 3.8) is 0 Å². The molecule has 1 aromatic rings. The molecule has 0 radical (unpaired) electrons. The standard InChI is InChI=1S/C11H16N4O2/c1-17-10-6-8(2-3-14-10)15-5-4-13-7-9(15)11(12)16/h2-3,6,9,13H,4-5,7H2,1H3,(H2,12,16). The second-order valence-corrected chi connectivity index (χ2v) is 3.87. The Morgan fingerprint density at radius 3 is 3.24 bits per heavy atom. The van der Waals surface area contributed by atoms with Gasteiger partial charge < -0.3 is 20.7 Å². The van der Waals surface area contributed by atoms with Crippen LogP contribution in [0.2, 0.25) is 0 Å². The lowest BCUT2D eigenvalue weighted by molar-refractivity contribution is -0.119. The van der Waals surface area contributed by atoms with E-state index in [1.54, 1.807) is 19.4 Å². The van der Waals surface area contributed by atoms with Gasteiger partial charge in [-0.25, -0.2) is 4.98 Å². The molecule has 1 amide bonds. The maximum absolute atomic E-state index is 11.4. The molecule has 1 atom stereocenters. The molecule has 6 heteroatoms. The molecule has 0 aromatic carbocycles. The van der Waals surface area contributed by atoms with E-state index in [4.69, 9.17) is 10.5 Å². The fraction of sp³-hybridized carbons (Fsp3) is 0.455. The van der Waals surface area contributed by atoms with Gasteiger partial charge in [0, 0.05) is 37.6 Å². The molecular weight excluding hydrogens is 220 g/mol. The first-order valence-electron chi connectivity index (χ1n) is 5.49. The molecule has 0 bridgehead atoms. The third-order valence-electron chi connectivity index (χ3n) is 2.83. The van der Waals surface area contributed by atoms with Crippen LogP contribution >= 0.6 is 0 Å². The summed E-state index contributed by atoms with van der Waals surface area (Å²) in [6, 6.07) is 3.33. The molecule has 1 fully saturated rings. The Labute approximate surface area is 99.8 Å². The van der Waals surface area contributed by atoms with Crippen LogP contribution < -0.4 is 20.7 Å². The summed E-state index contributed by atoms with van der Waals surface area (Å²) in [6.45, 7) is 2.13. The van der Waals surface area contributed by atoms with Crippen LogP contribution in [0.4, 0.5) is 5.69 Å². The van der Waals surface area contributed by atoms with Crippen molar-refractivity contribution in [2.24, 2.45) is 5.73 Å². The zero-order valence-corrected chi connectivity index (χ0v) is 9.72. The molecule has 2 heterocycles. The minimum Gasteiger partial charge on any atom is -0.481 e. The van der Waals surface area contributed by atoms with E-state index in [-0.39, 0.29) is 11.9 Å². The number of pyridine rings is 1. The monoisotopic (exact) mass is 236 g/mol. The van der Waals surface area contributed by atoms with E-state index in [2.05, 4.69) is 10.3 Å². The van der Waals surface area contributed by atoms with E-state index in [9.17, 15) is 4.79 Å². The van der Waals surface area contributed by atoms with Crippen molar-refractivity contribution < 1.29 is 9.53 Å². The molecule has 3 N–H and O–H groups in total. The molecule has 0 aliphatic carbocycles. The van der Waals surface area contributed by atoms with Crippen molar-refractivity contribution in [3.05, 3.63) is 18.3 Å². The van der Waals surface area contributed by atoms with Gasteiger partial charge in [-0.05, 0) is 6.07 Å². The highest BCUT2D eigenvalue weighted by atomic mass is 16.5. The van der Waals surface area contributed by atoms with Crippen molar-refractivity contribution in [3.8, 4) is 5.88 Å². The maximum atomic E-state index is 11.4. The highest BCUT2D eigenvalue weighted by molar-refractivity contribution is 5.84. The van der Waals surface area contributed by atoms with Gasteiger partial charge in [0.05, 0.1) is 7.11 Å². The molecule has 1 aliphatic rings. The maximum Gasteiger partial charge on any atom is 0.241 e. The van der Waals surface area contributed by atoms with E-state index in [1.165, 1.54) is 0 Å². The predicted octanol–water partition coefficient (Wildman–Crippen LogP) is -0.646. The largest absolute Gasteiger partial charge is 0.481 e. The summed E-state index contributed by atoms with van der Waals surface area (Å²) in [7, 11) is 1.56. The van der Waals surface area contributed by atoms with Gasteiger partial charge in [-0.1, -0.05) is 0 Å². The number of rotatable bonds is 3. The van der Waals surface area contributed by atoms with Crippen LogP contribution in [0.25, 0.3) is 0 Å². The first kappa shape index (κ1) is 11.7. The number of methoxy groups -OCH3 is 1. The molecule has 92 valence electrons. The van der Waals surface area contributed by atoms with Crippen molar-refractivity contribution >= 4 is 11.6 Å². The van der Waals surface area contributed by atoms with Crippen LogP contribution in [0.3, 0.4) is 0 Å². The fourth-order valence-electron chi connectivity index (χ4n) is 1.96. The van der Waals surface area contributed by atoms with Crippen LogP contribution in [-0.4, -0.2) is 43.7 Å². The third kappa shape index (κ3) is 2.47. The molecule has 6 nitrogen and oxygen atoms in total. The zero-order chi connectivity index (χ0) is 12.3. The van der Waals surface area contributed by atoms with E-state index in [0.29, 0.717) is 12.4 Å². The minimum atomic E-state index is -0.326. The van der Waals surface area contributed by atoms with Crippen LogP contribution in [0.5, 0.6) is 5.88 Å². The molecule has 0 saturated carbocycles. The summed E-state index contributed by atoms with van der Waals surface area (Å²) in [5, 5.41) is 3.16. The van der Waals surface area contributed by atoms with Crippen LogP contribution in [0, 0.1) is 0 Å². The lowest BCUT2D eigenvalue weighted by atomic mass is 10.1. The number of ether oxygens (including phenoxy) is 1. The lowest BCUT2D eigenvalue weighted by Gasteiger charge is -2.35. The number of aromatic nitrogens is 1. The molecule has 1 aromatic heterocycles. The number of hydrogen-bond acceptors (Lipinski definition) is 5. The van der Waals surface area contributed by atoms with Gasteiger partial charge >= 0.3 is 0 Å². The third-order valence-corrected chi connectivity index (χ3v) is 2.83. The first-order valence-corrected chi connectivity index (χ1v) is 5.49. The molecule has 1 unspecified atom stereocenters. The van der Waals surface area contributed by atoms with Gasteiger partial charge in [0.1, 0.15) is 6.04 Å². The summed E-state index contributed by atoms with van der Waals surface area (Å²) < 4.78 is 5.07. The minimum absolute atomic E-state index is 0.323. The van der Waals surface area contributed by atoms with Crippen molar-refractivity contribution in [1.29, 1.82) is 0 Å². The number of nitrogens with zero attached hydrogens (tertiary/aromatic N) is 2. The Morgan fingerprint density at radius 2 is 2.53 bits per heavy atom. The number of amides is 1. The van der Waals surface area contributed by atoms with Crippen molar-refractivity contribution in [1.82, 2.24) is 10.3 Å². The Morgan fingerprint density at radius 1 is 1.71 bits per heavy atom. The number of carbonyl (C=O) groups is 1. The van der Waals surface area contributed by atoms with Crippen molar-refractivity contribution in [2.45, 2.75) is 6.04 Å². The summed E-state index contributed by atoms with van der Waals surface area (Å²) in [5.41, 5.74) is 6.30. The smallest absolute Gasteiger partial charge is 0.241 e. The number of hydrogen-bond donors (Lipinski definition) is 2. The second-order valence-electron chi connectivity index (χ2n) is 3.87. The fourth-order valence-corrected chi connectivity index (χ4v) is 1.96. The SMILES string of the molecule is COc1cc(N2CCNCC2C(N)=O)ccn1. The lowest BCUT2D eigenvalue weighted by Crippen LogP contribution is -2.57. The predicted molar refractivity (Wildman–Crippen MR) is 64.0 cm³/mol. The average molecular weight is 236 g/mol. The Hall–Kier alpha value is -1.82. The highest BCUT2D eigenvalue weighted by Gasteiger charge is 2.27. The number of carbonyl (C=O) groups excluding carboxylic acids is 1. The van der Waals surface area contributed by atoms with Crippen LogP contribution in [0.15, 0.2) is 18.3 Å². The van der Waals surface area contributed by atoms with Crippen LogP contribution in [-0.2, 0) is 4.79 Å².